The largest absolute Gasteiger partial charge is 0.507 e. The van der Waals surface area contributed by atoms with E-state index in [1.165, 1.54) is 6.07 Å². The summed E-state index contributed by atoms with van der Waals surface area (Å²) in [5, 5.41) is 27.2. The molecule has 0 spiro atoms. The van der Waals surface area contributed by atoms with Crippen molar-refractivity contribution < 1.29 is 15.0 Å². The molecule has 0 aliphatic carbocycles. The summed E-state index contributed by atoms with van der Waals surface area (Å²) < 4.78 is 0. The fraction of sp³-hybridized carbons (Fsp3) is 0.111. The topological polar surface area (TPSA) is 94.5 Å². The van der Waals surface area contributed by atoms with Crippen molar-refractivity contribution in [3.63, 3.8) is 0 Å². The number of hydrogen-bond acceptors (Lipinski definition) is 5. The van der Waals surface area contributed by atoms with Crippen LogP contribution < -0.4 is 10.6 Å². The van der Waals surface area contributed by atoms with Gasteiger partial charge in [0.2, 0.25) is 5.91 Å². The summed E-state index contributed by atoms with van der Waals surface area (Å²) in [6.07, 6.45) is 1.98. The molecule has 0 fully saturated rings. The van der Waals surface area contributed by atoms with Crippen molar-refractivity contribution in [3.8, 4) is 28.1 Å². The van der Waals surface area contributed by atoms with Gasteiger partial charge in [0.1, 0.15) is 5.75 Å². The zero-order valence-electron chi connectivity index (χ0n) is 18.1. The highest BCUT2D eigenvalue weighted by atomic mass is 35.5. The van der Waals surface area contributed by atoms with Crippen molar-refractivity contribution in [2.75, 3.05) is 17.2 Å². The van der Waals surface area contributed by atoms with Crippen LogP contribution in [0.2, 0.25) is 5.02 Å². The number of fused-ring (bicyclic) bond motifs is 1. The Balaban J connectivity index is 1.61. The molecule has 5 rings (SSSR count). The maximum Gasteiger partial charge on any atom is 0.228 e. The third-order valence-electron chi connectivity index (χ3n) is 5.87. The smallest absolute Gasteiger partial charge is 0.228 e. The molecule has 4 aromatic rings. The van der Waals surface area contributed by atoms with E-state index in [2.05, 4.69) is 15.6 Å². The van der Waals surface area contributed by atoms with Gasteiger partial charge in [0.05, 0.1) is 36.6 Å². The van der Waals surface area contributed by atoms with Crippen LogP contribution in [-0.4, -0.2) is 27.7 Å². The molecule has 0 bridgehead atoms. The Morgan fingerprint density at radius 2 is 1.85 bits per heavy atom. The molecule has 3 aromatic carbocycles. The molecule has 1 atom stereocenters. The summed E-state index contributed by atoms with van der Waals surface area (Å²) in [6.45, 7) is -0.0944. The number of aliphatic hydroxyl groups is 1. The van der Waals surface area contributed by atoms with Crippen molar-refractivity contribution >= 4 is 28.9 Å². The monoisotopic (exact) mass is 471 g/mol. The number of pyridine rings is 1. The van der Waals surface area contributed by atoms with Crippen LogP contribution in [0.4, 0.5) is 11.4 Å². The fourth-order valence-corrected chi connectivity index (χ4v) is 4.37. The summed E-state index contributed by atoms with van der Waals surface area (Å²) in [5.41, 5.74) is 6.03. The lowest BCUT2D eigenvalue weighted by atomic mass is 9.96. The number of phenols is 1. The molecule has 4 N–H and O–H groups in total. The number of phenolic OH excluding ortho intramolecular Hbond substituents is 1. The molecule has 7 heteroatoms. The molecule has 0 unspecified atom stereocenters. The van der Waals surface area contributed by atoms with E-state index in [4.69, 9.17) is 11.6 Å². The zero-order valence-corrected chi connectivity index (χ0v) is 18.9. The molecule has 1 amide bonds. The van der Waals surface area contributed by atoms with Gasteiger partial charge in [-0.3, -0.25) is 9.78 Å². The Hall–Kier alpha value is -3.87. The Bertz CT molecular complexity index is 1380. The first kappa shape index (κ1) is 21.9. The number of carbonyl (C=O) groups excluding carboxylic acids is 1. The first-order chi connectivity index (χ1) is 16.5. The zero-order chi connectivity index (χ0) is 23.7. The molecule has 1 aromatic heterocycles. The van der Waals surface area contributed by atoms with E-state index in [0.717, 1.165) is 27.9 Å². The lowest BCUT2D eigenvalue weighted by Crippen LogP contribution is -2.15. The maximum atomic E-state index is 11.9. The first-order valence-electron chi connectivity index (χ1n) is 10.9. The number of amides is 1. The van der Waals surface area contributed by atoms with Crippen LogP contribution in [-0.2, 0) is 11.2 Å². The van der Waals surface area contributed by atoms with Gasteiger partial charge in [0.25, 0.3) is 0 Å². The van der Waals surface area contributed by atoms with Gasteiger partial charge in [0, 0.05) is 21.8 Å². The average Bonchev–Trinajstić information content (AvgIpc) is 3.23. The lowest BCUT2D eigenvalue weighted by Gasteiger charge is -2.20. The van der Waals surface area contributed by atoms with Gasteiger partial charge >= 0.3 is 0 Å². The van der Waals surface area contributed by atoms with Gasteiger partial charge in [-0.05, 0) is 53.1 Å². The van der Waals surface area contributed by atoms with E-state index in [1.807, 2.05) is 54.6 Å². The summed E-state index contributed by atoms with van der Waals surface area (Å²) in [7, 11) is 0. The van der Waals surface area contributed by atoms with Crippen LogP contribution in [0.15, 0.2) is 79.0 Å². The van der Waals surface area contributed by atoms with E-state index in [0.29, 0.717) is 28.4 Å². The normalized spacial score (nSPS) is 13.3. The average molecular weight is 472 g/mol. The number of nitrogens with one attached hydrogen (secondary N) is 2. The van der Waals surface area contributed by atoms with Crippen LogP contribution in [0.25, 0.3) is 22.4 Å². The van der Waals surface area contributed by atoms with E-state index in [-0.39, 0.29) is 24.3 Å². The van der Waals surface area contributed by atoms with E-state index in [1.54, 1.807) is 18.3 Å². The van der Waals surface area contributed by atoms with Crippen LogP contribution in [0.5, 0.6) is 5.75 Å². The summed E-state index contributed by atoms with van der Waals surface area (Å²) in [4.78, 5) is 16.5. The van der Waals surface area contributed by atoms with Crippen molar-refractivity contribution in [1.82, 2.24) is 4.98 Å². The minimum Gasteiger partial charge on any atom is -0.507 e. The molecule has 34 heavy (non-hydrogen) atoms. The third kappa shape index (κ3) is 4.33. The number of benzene rings is 3. The Labute approximate surface area is 201 Å². The first-order valence-corrected chi connectivity index (χ1v) is 11.2. The molecule has 0 radical (unpaired) electrons. The molecule has 0 saturated carbocycles. The standard InChI is InChI=1S/C27H22ClN3O3/c28-19-7-9-25(33)22(12-19)27-21(17-6-8-23-18(10-17)11-26(34)31-23)13-20(14-29-27)30-24(15-32)16-4-2-1-3-5-16/h1-10,12-14,24,30,32-33H,11,15H2,(H,31,34)/t24-/m0/s1. The second-order valence-electron chi connectivity index (χ2n) is 8.17. The van der Waals surface area contributed by atoms with E-state index in [9.17, 15) is 15.0 Å². The Morgan fingerprint density at radius 3 is 2.65 bits per heavy atom. The van der Waals surface area contributed by atoms with Gasteiger partial charge in [-0.25, -0.2) is 0 Å². The predicted octanol–water partition coefficient (Wildman–Crippen LogP) is 5.41. The second kappa shape index (κ2) is 9.17. The number of hydrogen-bond donors (Lipinski definition) is 4. The lowest BCUT2D eigenvalue weighted by molar-refractivity contribution is -0.115. The molecular weight excluding hydrogens is 450 g/mol. The maximum absolute atomic E-state index is 11.9. The second-order valence-corrected chi connectivity index (χ2v) is 8.61. The van der Waals surface area contributed by atoms with Gasteiger partial charge < -0.3 is 20.8 Å². The molecule has 0 saturated heterocycles. The van der Waals surface area contributed by atoms with Crippen molar-refractivity contribution in [2.45, 2.75) is 12.5 Å². The quantitative estimate of drug-likeness (QED) is 0.301. The van der Waals surface area contributed by atoms with E-state index >= 15 is 0 Å². The van der Waals surface area contributed by atoms with E-state index < -0.39 is 0 Å². The molecule has 6 nitrogen and oxygen atoms in total. The molecule has 1 aliphatic heterocycles. The van der Waals surface area contributed by atoms with Gasteiger partial charge in [-0.2, -0.15) is 0 Å². The Morgan fingerprint density at radius 1 is 1.03 bits per heavy atom. The van der Waals surface area contributed by atoms with Gasteiger partial charge in [0.15, 0.2) is 0 Å². The molecular formula is C27H22ClN3O3. The van der Waals surface area contributed by atoms with Crippen molar-refractivity contribution in [1.29, 1.82) is 0 Å². The number of aliphatic hydroxyl groups excluding tert-OH is 1. The van der Waals surface area contributed by atoms with Crippen LogP contribution in [0.1, 0.15) is 17.2 Å². The number of rotatable bonds is 6. The van der Waals surface area contributed by atoms with Crippen LogP contribution in [0, 0.1) is 0 Å². The minimum atomic E-state index is -0.317. The number of aromatic nitrogens is 1. The number of anilines is 2. The number of nitrogens with zero attached hydrogens (tertiary/aromatic N) is 1. The third-order valence-corrected chi connectivity index (χ3v) is 6.10. The van der Waals surface area contributed by atoms with Crippen molar-refractivity contribution in [3.05, 3.63) is 95.1 Å². The highest BCUT2D eigenvalue weighted by molar-refractivity contribution is 6.31. The molecule has 2 heterocycles. The summed E-state index contributed by atoms with van der Waals surface area (Å²) in [5.74, 6) is 0.0245. The number of halogens is 1. The predicted molar refractivity (Wildman–Crippen MR) is 134 cm³/mol. The summed E-state index contributed by atoms with van der Waals surface area (Å²) >= 11 is 6.22. The molecule has 170 valence electrons. The molecule has 1 aliphatic rings. The fourth-order valence-electron chi connectivity index (χ4n) is 4.19. The summed E-state index contributed by atoms with van der Waals surface area (Å²) in [6, 6.07) is 21.9. The van der Waals surface area contributed by atoms with Gasteiger partial charge in [-0.15, -0.1) is 0 Å². The van der Waals surface area contributed by atoms with Crippen LogP contribution in [0.3, 0.4) is 0 Å². The highest BCUT2D eigenvalue weighted by Gasteiger charge is 2.21. The highest BCUT2D eigenvalue weighted by Crippen LogP contribution is 2.40. The van der Waals surface area contributed by atoms with Crippen molar-refractivity contribution in [2.24, 2.45) is 0 Å². The minimum absolute atomic E-state index is 0.0398. The Kier molecular flexibility index (Phi) is 5.92. The van der Waals surface area contributed by atoms with Gasteiger partial charge in [-0.1, -0.05) is 48.0 Å². The van der Waals surface area contributed by atoms with Crippen LogP contribution >= 0.6 is 11.6 Å². The number of aromatic hydroxyl groups is 1. The SMILES string of the molecule is O=C1Cc2cc(-c3cc(N[C@@H](CO)c4ccccc4)cnc3-c3cc(Cl)ccc3O)ccc2N1. The number of carbonyl (C=O) groups is 1.